The fourth-order valence-electron chi connectivity index (χ4n) is 2.05. The first-order chi connectivity index (χ1) is 10.7. The zero-order valence-corrected chi connectivity index (χ0v) is 14.9. The Hall–Kier alpha value is -1.75. The SMILES string of the molecule is CCC[C@H](CC(=O)NC(=O)OC(C)(C)C)Nc1ccc(Cl)cc1. The number of alkyl carbamates (subject to hydrolysis) is 1. The molecule has 1 aromatic rings. The first-order valence-corrected chi connectivity index (χ1v) is 8.12. The highest BCUT2D eigenvalue weighted by atomic mass is 35.5. The standard InChI is InChI=1S/C17H25ClN2O3/c1-5-6-14(19-13-9-7-12(18)8-10-13)11-15(21)20-16(22)23-17(2,3)4/h7-10,14,19H,5-6,11H2,1-4H3,(H,20,21,22)/t14-/m1/s1. The molecule has 0 aliphatic carbocycles. The molecule has 23 heavy (non-hydrogen) atoms. The Morgan fingerprint density at radius 1 is 1.22 bits per heavy atom. The minimum Gasteiger partial charge on any atom is -0.444 e. The third kappa shape index (κ3) is 8.45. The third-order valence-electron chi connectivity index (χ3n) is 2.92. The lowest BCUT2D eigenvalue weighted by molar-refractivity contribution is -0.121. The Labute approximate surface area is 142 Å². The number of carbonyl (C=O) groups excluding carboxylic acids is 2. The zero-order valence-electron chi connectivity index (χ0n) is 14.1. The number of carbonyl (C=O) groups is 2. The van der Waals surface area contributed by atoms with Crippen molar-refractivity contribution >= 4 is 29.3 Å². The van der Waals surface area contributed by atoms with E-state index in [1.807, 2.05) is 19.1 Å². The second-order valence-electron chi connectivity index (χ2n) is 6.39. The van der Waals surface area contributed by atoms with Gasteiger partial charge in [-0.25, -0.2) is 4.79 Å². The summed E-state index contributed by atoms with van der Waals surface area (Å²) >= 11 is 5.86. The number of anilines is 1. The van der Waals surface area contributed by atoms with E-state index >= 15 is 0 Å². The first-order valence-electron chi connectivity index (χ1n) is 7.74. The summed E-state index contributed by atoms with van der Waals surface area (Å²) in [6, 6.07) is 7.22. The summed E-state index contributed by atoms with van der Waals surface area (Å²) in [6.07, 6.45) is 1.20. The van der Waals surface area contributed by atoms with E-state index in [0.29, 0.717) is 5.02 Å². The topological polar surface area (TPSA) is 67.4 Å². The highest BCUT2D eigenvalue weighted by Gasteiger charge is 2.20. The quantitative estimate of drug-likeness (QED) is 0.807. The lowest BCUT2D eigenvalue weighted by atomic mass is 10.1. The van der Waals surface area contributed by atoms with Gasteiger partial charge in [-0.2, -0.15) is 0 Å². The number of benzene rings is 1. The van der Waals surface area contributed by atoms with E-state index in [0.717, 1.165) is 18.5 Å². The van der Waals surface area contributed by atoms with Crippen LogP contribution in [0.15, 0.2) is 24.3 Å². The fourth-order valence-corrected chi connectivity index (χ4v) is 2.17. The van der Waals surface area contributed by atoms with Gasteiger partial charge in [-0.05, 0) is 51.5 Å². The minimum absolute atomic E-state index is 0.0661. The van der Waals surface area contributed by atoms with Crippen LogP contribution in [0.5, 0.6) is 0 Å². The van der Waals surface area contributed by atoms with Crippen molar-refractivity contribution in [2.45, 2.75) is 58.6 Å². The van der Waals surface area contributed by atoms with Crippen LogP contribution in [0.3, 0.4) is 0 Å². The van der Waals surface area contributed by atoms with Gasteiger partial charge in [-0.1, -0.05) is 24.9 Å². The van der Waals surface area contributed by atoms with Gasteiger partial charge in [0, 0.05) is 23.2 Å². The van der Waals surface area contributed by atoms with Crippen molar-refractivity contribution < 1.29 is 14.3 Å². The maximum atomic E-state index is 12.0. The van der Waals surface area contributed by atoms with Crippen molar-refractivity contribution in [3.63, 3.8) is 0 Å². The molecule has 0 bridgehead atoms. The maximum absolute atomic E-state index is 12.0. The number of imide groups is 1. The van der Waals surface area contributed by atoms with Crippen LogP contribution in [0, 0.1) is 0 Å². The Kier molecular flexibility index (Phi) is 7.36. The number of halogens is 1. The summed E-state index contributed by atoms with van der Waals surface area (Å²) in [5.41, 5.74) is 0.257. The molecule has 1 atom stereocenters. The predicted molar refractivity (Wildman–Crippen MR) is 92.8 cm³/mol. The van der Waals surface area contributed by atoms with Crippen molar-refractivity contribution in [3.8, 4) is 0 Å². The van der Waals surface area contributed by atoms with Gasteiger partial charge in [0.25, 0.3) is 0 Å². The summed E-state index contributed by atoms with van der Waals surface area (Å²) in [5.74, 6) is -0.362. The normalized spacial score (nSPS) is 12.4. The van der Waals surface area contributed by atoms with Gasteiger partial charge in [-0.3, -0.25) is 10.1 Å². The number of hydrogen-bond acceptors (Lipinski definition) is 4. The minimum atomic E-state index is -0.718. The van der Waals surface area contributed by atoms with E-state index in [1.165, 1.54) is 0 Å². The second-order valence-corrected chi connectivity index (χ2v) is 6.83. The van der Waals surface area contributed by atoms with Crippen LogP contribution >= 0.6 is 11.6 Å². The van der Waals surface area contributed by atoms with Gasteiger partial charge >= 0.3 is 6.09 Å². The van der Waals surface area contributed by atoms with Crippen LogP contribution in [0.4, 0.5) is 10.5 Å². The molecule has 0 heterocycles. The Bertz CT molecular complexity index is 524. The lowest BCUT2D eigenvalue weighted by Crippen LogP contribution is -2.38. The van der Waals surface area contributed by atoms with Crippen LogP contribution in [0.2, 0.25) is 5.02 Å². The molecule has 128 valence electrons. The van der Waals surface area contributed by atoms with Crippen LogP contribution < -0.4 is 10.6 Å². The zero-order chi connectivity index (χ0) is 17.5. The first kappa shape index (κ1) is 19.3. The molecule has 2 amide bonds. The van der Waals surface area contributed by atoms with Crippen molar-refractivity contribution in [2.24, 2.45) is 0 Å². The molecule has 0 fully saturated rings. The van der Waals surface area contributed by atoms with E-state index in [1.54, 1.807) is 32.9 Å². The predicted octanol–water partition coefficient (Wildman–Crippen LogP) is 4.36. The molecule has 0 aromatic heterocycles. The number of amides is 2. The number of nitrogens with one attached hydrogen (secondary N) is 2. The summed E-state index contributed by atoms with van der Waals surface area (Å²) < 4.78 is 5.08. The lowest BCUT2D eigenvalue weighted by Gasteiger charge is -2.21. The van der Waals surface area contributed by atoms with Crippen molar-refractivity contribution in [2.75, 3.05) is 5.32 Å². The highest BCUT2D eigenvalue weighted by Crippen LogP contribution is 2.17. The van der Waals surface area contributed by atoms with E-state index in [4.69, 9.17) is 16.3 Å². The van der Waals surface area contributed by atoms with E-state index < -0.39 is 11.7 Å². The van der Waals surface area contributed by atoms with Gasteiger partial charge in [0.05, 0.1) is 0 Å². The highest BCUT2D eigenvalue weighted by molar-refractivity contribution is 6.30. The molecule has 0 saturated carbocycles. The van der Waals surface area contributed by atoms with E-state index in [9.17, 15) is 9.59 Å². The summed E-state index contributed by atoms with van der Waals surface area (Å²) in [7, 11) is 0. The Balaban J connectivity index is 2.56. The molecule has 5 nitrogen and oxygen atoms in total. The number of hydrogen-bond donors (Lipinski definition) is 2. The summed E-state index contributed by atoms with van der Waals surface area (Å²) in [5, 5.41) is 6.20. The van der Waals surface area contributed by atoms with Gasteiger partial charge in [0.2, 0.25) is 5.91 Å². The smallest absolute Gasteiger partial charge is 0.414 e. The average molecular weight is 341 g/mol. The molecular weight excluding hydrogens is 316 g/mol. The third-order valence-corrected chi connectivity index (χ3v) is 3.18. The van der Waals surface area contributed by atoms with Crippen LogP contribution in [0.25, 0.3) is 0 Å². The molecule has 2 N–H and O–H groups in total. The molecule has 6 heteroatoms. The molecule has 0 aliphatic heterocycles. The molecule has 0 saturated heterocycles. The van der Waals surface area contributed by atoms with E-state index in [-0.39, 0.29) is 18.4 Å². The molecule has 0 aliphatic rings. The molecule has 0 unspecified atom stereocenters. The molecule has 0 spiro atoms. The molecule has 1 rings (SSSR count). The molecule has 1 aromatic carbocycles. The Morgan fingerprint density at radius 2 is 1.83 bits per heavy atom. The number of ether oxygens (including phenoxy) is 1. The fraction of sp³-hybridized carbons (Fsp3) is 0.529. The van der Waals surface area contributed by atoms with Crippen molar-refractivity contribution in [1.82, 2.24) is 5.32 Å². The second kappa shape index (κ2) is 8.77. The average Bonchev–Trinajstić information content (AvgIpc) is 2.39. The van der Waals surface area contributed by atoms with Crippen molar-refractivity contribution in [3.05, 3.63) is 29.3 Å². The number of rotatable bonds is 6. The largest absolute Gasteiger partial charge is 0.444 e. The summed E-state index contributed by atoms with van der Waals surface area (Å²) in [4.78, 5) is 23.6. The van der Waals surface area contributed by atoms with Crippen molar-refractivity contribution in [1.29, 1.82) is 0 Å². The van der Waals surface area contributed by atoms with E-state index in [2.05, 4.69) is 10.6 Å². The van der Waals surface area contributed by atoms with Gasteiger partial charge in [0.15, 0.2) is 0 Å². The maximum Gasteiger partial charge on any atom is 0.414 e. The van der Waals surface area contributed by atoms with Gasteiger partial charge in [0.1, 0.15) is 5.60 Å². The molecular formula is C17H25ClN2O3. The van der Waals surface area contributed by atoms with Crippen LogP contribution in [-0.2, 0) is 9.53 Å². The van der Waals surface area contributed by atoms with Gasteiger partial charge < -0.3 is 10.1 Å². The van der Waals surface area contributed by atoms with Crippen LogP contribution in [-0.4, -0.2) is 23.6 Å². The molecule has 0 radical (unpaired) electrons. The van der Waals surface area contributed by atoms with Crippen LogP contribution in [0.1, 0.15) is 47.0 Å². The summed E-state index contributed by atoms with van der Waals surface area (Å²) in [6.45, 7) is 7.29. The Morgan fingerprint density at radius 3 is 2.35 bits per heavy atom. The monoisotopic (exact) mass is 340 g/mol. The van der Waals surface area contributed by atoms with Gasteiger partial charge in [-0.15, -0.1) is 0 Å².